The quantitative estimate of drug-likeness (QED) is 0.585. The number of nitrogens with zero attached hydrogens (tertiary/aromatic N) is 1. The van der Waals surface area contributed by atoms with E-state index in [1.54, 1.807) is 0 Å². The van der Waals surface area contributed by atoms with Crippen molar-refractivity contribution in [2.24, 2.45) is 5.73 Å². The highest BCUT2D eigenvalue weighted by Crippen LogP contribution is 2.46. The number of ether oxygens (including phenoxy) is 1. The van der Waals surface area contributed by atoms with E-state index in [9.17, 15) is 18.0 Å². The highest BCUT2D eigenvalue weighted by Gasteiger charge is 2.69. The number of hydrogen-bond donors (Lipinski definition) is 1. The van der Waals surface area contributed by atoms with E-state index in [1.165, 1.54) is 6.92 Å². The standard InChI is InChI=1S/C21H22N2O5S/c1-21(13-22)19(23-16(24)12-17(23)29(21,26)27)20(25)28-18(14-8-4-2-5-9-14)15-10-6-3-7-11-15/h2-11,17-19H,12-13,22H2,1H3/t17-,19?,21?/m1/s1. The lowest BCUT2D eigenvalue weighted by Gasteiger charge is -2.37. The first-order chi connectivity index (χ1) is 13.8. The Morgan fingerprint density at radius 2 is 1.66 bits per heavy atom. The molecule has 0 radical (unpaired) electrons. The fourth-order valence-corrected chi connectivity index (χ4v) is 6.36. The number of sulfone groups is 1. The van der Waals surface area contributed by atoms with Gasteiger partial charge in [0.05, 0.1) is 6.42 Å². The minimum Gasteiger partial charge on any atom is -0.451 e. The summed E-state index contributed by atoms with van der Waals surface area (Å²) in [6.07, 6.45) is -0.854. The molecule has 29 heavy (non-hydrogen) atoms. The molecule has 8 heteroatoms. The van der Waals surface area contributed by atoms with Gasteiger partial charge in [-0.25, -0.2) is 13.2 Å². The number of carbonyl (C=O) groups is 2. The molecular weight excluding hydrogens is 392 g/mol. The fraction of sp³-hybridized carbons (Fsp3) is 0.333. The first-order valence-corrected chi connectivity index (χ1v) is 10.9. The molecule has 2 aliphatic heterocycles. The lowest BCUT2D eigenvalue weighted by molar-refractivity contribution is -0.164. The number of hydrogen-bond acceptors (Lipinski definition) is 6. The van der Waals surface area contributed by atoms with Gasteiger partial charge in [0.1, 0.15) is 10.1 Å². The Balaban J connectivity index is 1.72. The highest BCUT2D eigenvalue weighted by molar-refractivity contribution is 7.94. The Morgan fingerprint density at radius 1 is 1.14 bits per heavy atom. The zero-order chi connectivity index (χ0) is 20.8. The molecule has 1 amide bonds. The van der Waals surface area contributed by atoms with Crippen LogP contribution in [0.1, 0.15) is 30.6 Å². The van der Waals surface area contributed by atoms with Crippen LogP contribution in [0.3, 0.4) is 0 Å². The second-order valence-electron chi connectivity index (χ2n) is 7.56. The lowest BCUT2D eigenvalue weighted by atomic mass is 9.96. The van der Waals surface area contributed by atoms with Gasteiger partial charge < -0.3 is 15.4 Å². The van der Waals surface area contributed by atoms with E-state index >= 15 is 0 Å². The normalized spacial score (nSPS) is 27.4. The molecule has 0 saturated carbocycles. The first-order valence-electron chi connectivity index (χ1n) is 9.36. The summed E-state index contributed by atoms with van der Waals surface area (Å²) in [5.74, 6) is -1.15. The molecule has 7 nitrogen and oxygen atoms in total. The van der Waals surface area contributed by atoms with Gasteiger partial charge in [0, 0.05) is 6.54 Å². The third-order valence-electron chi connectivity index (χ3n) is 5.88. The molecule has 2 aromatic carbocycles. The molecule has 0 bridgehead atoms. The van der Waals surface area contributed by atoms with E-state index in [1.807, 2.05) is 60.7 Å². The zero-order valence-corrected chi connectivity index (χ0v) is 16.7. The Morgan fingerprint density at radius 3 is 2.10 bits per heavy atom. The van der Waals surface area contributed by atoms with Gasteiger partial charge in [-0.1, -0.05) is 60.7 Å². The SMILES string of the molecule is CC1(CN)C(C(=O)OC(c2ccccc2)c2ccccc2)N2C(=O)C[C@H]2S1(=O)=O. The van der Waals surface area contributed by atoms with Gasteiger partial charge in [-0.15, -0.1) is 0 Å². The molecule has 2 aromatic rings. The Hall–Kier alpha value is -2.71. The Bertz CT molecular complexity index is 1000. The predicted molar refractivity (Wildman–Crippen MR) is 106 cm³/mol. The zero-order valence-electron chi connectivity index (χ0n) is 15.9. The van der Waals surface area contributed by atoms with Crippen LogP contribution in [0.4, 0.5) is 0 Å². The number of esters is 1. The second kappa shape index (κ2) is 6.96. The lowest BCUT2D eigenvalue weighted by Crippen LogP contribution is -2.59. The van der Waals surface area contributed by atoms with E-state index in [0.717, 1.165) is 16.0 Å². The van der Waals surface area contributed by atoms with E-state index in [4.69, 9.17) is 10.5 Å². The fourth-order valence-electron chi connectivity index (χ4n) is 4.09. The molecule has 2 saturated heterocycles. The molecule has 0 aliphatic carbocycles. The Labute approximate surface area is 169 Å². The molecule has 2 fully saturated rings. The van der Waals surface area contributed by atoms with E-state index in [0.29, 0.717) is 0 Å². The van der Waals surface area contributed by atoms with Crippen molar-refractivity contribution in [3.8, 4) is 0 Å². The van der Waals surface area contributed by atoms with Crippen molar-refractivity contribution in [1.82, 2.24) is 4.90 Å². The summed E-state index contributed by atoms with van der Waals surface area (Å²) >= 11 is 0. The molecule has 2 aliphatic rings. The third kappa shape index (κ3) is 2.86. The van der Waals surface area contributed by atoms with Crippen LogP contribution < -0.4 is 5.73 Å². The summed E-state index contributed by atoms with van der Waals surface area (Å²) in [5.41, 5.74) is 7.29. The molecule has 0 aromatic heterocycles. The first kappa shape index (κ1) is 19.6. The van der Waals surface area contributed by atoms with Gasteiger partial charge in [-0.2, -0.15) is 0 Å². The smallest absolute Gasteiger partial charge is 0.331 e. The van der Waals surface area contributed by atoms with Crippen LogP contribution in [0, 0.1) is 0 Å². The average molecular weight is 414 g/mol. The van der Waals surface area contributed by atoms with Crippen molar-refractivity contribution in [1.29, 1.82) is 0 Å². The van der Waals surface area contributed by atoms with Crippen molar-refractivity contribution in [3.05, 3.63) is 71.8 Å². The van der Waals surface area contributed by atoms with Crippen LogP contribution >= 0.6 is 0 Å². The summed E-state index contributed by atoms with van der Waals surface area (Å²) < 4.78 is 30.1. The van der Waals surface area contributed by atoms with Crippen LogP contribution in [-0.2, 0) is 24.2 Å². The van der Waals surface area contributed by atoms with Crippen molar-refractivity contribution in [2.75, 3.05) is 6.54 Å². The van der Waals surface area contributed by atoms with Crippen LogP contribution in [-0.4, -0.2) is 47.9 Å². The van der Waals surface area contributed by atoms with E-state index in [-0.39, 0.29) is 18.9 Å². The maximum atomic E-state index is 13.3. The minimum absolute atomic E-state index is 0.123. The predicted octanol–water partition coefficient (Wildman–Crippen LogP) is 1.39. The summed E-state index contributed by atoms with van der Waals surface area (Å²) in [6, 6.07) is 17.1. The molecule has 3 atom stereocenters. The van der Waals surface area contributed by atoms with Gasteiger partial charge >= 0.3 is 5.97 Å². The Kier molecular flexibility index (Phi) is 4.71. The molecule has 2 N–H and O–H groups in total. The van der Waals surface area contributed by atoms with Crippen LogP contribution in [0.5, 0.6) is 0 Å². The third-order valence-corrected chi connectivity index (χ3v) is 8.68. The monoisotopic (exact) mass is 414 g/mol. The van der Waals surface area contributed by atoms with Gasteiger partial charge in [0.2, 0.25) is 5.91 Å². The van der Waals surface area contributed by atoms with Gasteiger partial charge in [-0.05, 0) is 18.1 Å². The highest BCUT2D eigenvalue weighted by atomic mass is 32.2. The maximum absolute atomic E-state index is 13.3. The van der Waals surface area contributed by atoms with Gasteiger partial charge in [0.25, 0.3) is 0 Å². The topological polar surface area (TPSA) is 107 Å². The van der Waals surface area contributed by atoms with Gasteiger partial charge in [-0.3, -0.25) is 4.79 Å². The number of amides is 1. The molecule has 0 spiro atoms. The van der Waals surface area contributed by atoms with E-state index < -0.39 is 38.1 Å². The number of β-lactam (4-membered cyclic amide) rings is 1. The van der Waals surface area contributed by atoms with Crippen LogP contribution in [0.25, 0.3) is 0 Å². The summed E-state index contributed by atoms with van der Waals surface area (Å²) in [6.45, 7) is 1.14. The molecule has 2 heterocycles. The number of nitrogens with two attached hydrogens (primary N) is 1. The van der Waals surface area contributed by atoms with Crippen LogP contribution in [0.15, 0.2) is 60.7 Å². The number of fused-ring (bicyclic) bond motifs is 1. The maximum Gasteiger partial charge on any atom is 0.331 e. The minimum atomic E-state index is -3.79. The molecule has 152 valence electrons. The number of carbonyl (C=O) groups excluding carboxylic acids is 2. The molecule has 4 rings (SSSR count). The van der Waals surface area contributed by atoms with Crippen molar-refractivity contribution < 1.29 is 22.7 Å². The summed E-state index contributed by atoms with van der Waals surface area (Å²) in [4.78, 5) is 26.5. The summed E-state index contributed by atoms with van der Waals surface area (Å²) in [7, 11) is -3.79. The number of benzene rings is 2. The van der Waals surface area contributed by atoms with Crippen LogP contribution in [0.2, 0.25) is 0 Å². The van der Waals surface area contributed by atoms with Crippen molar-refractivity contribution in [3.63, 3.8) is 0 Å². The van der Waals surface area contributed by atoms with Gasteiger partial charge in [0.15, 0.2) is 22.0 Å². The molecular formula is C21H22N2O5S. The van der Waals surface area contributed by atoms with E-state index in [2.05, 4.69) is 0 Å². The van der Waals surface area contributed by atoms with Crippen molar-refractivity contribution >= 4 is 21.7 Å². The average Bonchev–Trinajstić information content (AvgIpc) is 2.88. The molecule has 2 unspecified atom stereocenters. The number of rotatable bonds is 5. The summed E-state index contributed by atoms with van der Waals surface area (Å²) in [5, 5.41) is -1.01. The largest absolute Gasteiger partial charge is 0.451 e. The van der Waals surface area contributed by atoms with Crippen molar-refractivity contribution in [2.45, 2.75) is 35.6 Å². The second-order valence-corrected chi connectivity index (χ2v) is 10.1.